The first-order valence-corrected chi connectivity index (χ1v) is 13.5. The maximum atomic E-state index is 14.2. The SMILES string of the molecule is CO[C@H]1C[C@](c2cccc(N3Cc4c(cc(CNC[C@@H]5[C@@H](C)C5(F)F)cc4C(F)(F)F)C3=O)c2)(c2nncn2C)C1. The minimum absolute atomic E-state index is 0.0172. The highest BCUT2D eigenvalue weighted by molar-refractivity contribution is 6.10. The Morgan fingerprint density at radius 2 is 1.90 bits per heavy atom. The molecule has 0 radical (unpaired) electrons. The van der Waals surface area contributed by atoms with Crippen molar-refractivity contribution in [3.63, 3.8) is 0 Å². The van der Waals surface area contributed by atoms with Gasteiger partial charge in [0.2, 0.25) is 0 Å². The summed E-state index contributed by atoms with van der Waals surface area (Å²) < 4.78 is 77.0. The third-order valence-corrected chi connectivity index (χ3v) is 9.03. The topological polar surface area (TPSA) is 72.3 Å². The first kappa shape index (κ1) is 27.8. The van der Waals surface area contributed by atoms with Crippen LogP contribution in [0.3, 0.4) is 0 Å². The molecule has 12 heteroatoms. The molecule has 2 heterocycles. The number of hydrogen-bond acceptors (Lipinski definition) is 5. The number of aryl methyl sites for hydroxylation is 1. The van der Waals surface area contributed by atoms with Crippen molar-refractivity contribution in [1.82, 2.24) is 20.1 Å². The minimum Gasteiger partial charge on any atom is -0.381 e. The second-order valence-electron chi connectivity index (χ2n) is 11.4. The molecule has 2 saturated carbocycles. The van der Waals surface area contributed by atoms with E-state index >= 15 is 0 Å². The summed E-state index contributed by atoms with van der Waals surface area (Å²) in [6, 6.07) is 9.69. The van der Waals surface area contributed by atoms with Crippen LogP contribution in [-0.2, 0) is 36.5 Å². The van der Waals surface area contributed by atoms with E-state index in [9.17, 15) is 26.7 Å². The molecule has 3 aliphatic rings. The number of methoxy groups -OCH3 is 1. The predicted octanol–water partition coefficient (Wildman–Crippen LogP) is 5.08. The number of amides is 1. The number of halogens is 5. The van der Waals surface area contributed by atoms with Crippen LogP contribution >= 0.6 is 0 Å². The van der Waals surface area contributed by atoms with Crippen LogP contribution in [0.2, 0.25) is 0 Å². The smallest absolute Gasteiger partial charge is 0.381 e. The zero-order valence-electron chi connectivity index (χ0n) is 22.8. The second kappa shape index (κ2) is 9.59. The lowest BCUT2D eigenvalue weighted by atomic mass is 9.62. The summed E-state index contributed by atoms with van der Waals surface area (Å²) >= 11 is 0. The highest BCUT2D eigenvalue weighted by Gasteiger charge is 2.64. The van der Waals surface area contributed by atoms with Gasteiger partial charge in [0.15, 0.2) is 0 Å². The Balaban J connectivity index is 1.29. The number of hydrogen-bond donors (Lipinski definition) is 1. The van der Waals surface area contributed by atoms with Crippen molar-refractivity contribution in [2.24, 2.45) is 18.9 Å². The molecule has 0 saturated heterocycles. The number of fused-ring (bicyclic) bond motifs is 1. The average Bonchev–Trinajstić information content (AvgIpc) is 3.23. The summed E-state index contributed by atoms with van der Waals surface area (Å²) in [4.78, 5) is 14.9. The Hall–Kier alpha value is -3.38. The molecule has 0 bridgehead atoms. The number of aromatic nitrogens is 3. The molecule has 1 aromatic heterocycles. The van der Waals surface area contributed by atoms with Crippen LogP contribution in [0.5, 0.6) is 0 Å². The van der Waals surface area contributed by atoms with Gasteiger partial charge in [0, 0.05) is 50.3 Å². The molecule has 2 aliphatic carbocycles. The summed E-state index contributed by atoms with van der Waals surface area (Å²) in [5.41, 5.74) is 0.0467. The average molecular weight is 576 g/mol. The third-order valence-electron chi connectivity index (χ3n) is 9.03. The molecule has 2 atom stereocenters. The number of carbonyl (C=O) groups excluding carboxylic acids is 1. The number of anilines is 1. The predicted molar refractivity (Wildman–Crippen MR) is 140 cm³/mol. The van der Waals surface area contributed by atoms with E-state index in [4.69, 9.17) is 4.74 Å². The summed E-state index contributed by atoms with van der Waals surface area (Å²) in [5.74, 6) is -4.16. The maximum Gasteiger partial charge on any atom is 0.416 e. The number of nitrogens with one attached hydrogen (secondary N) is 1. The van der Waals surface area contributed by atoms with Gasteiger partial charge >= 0.3 is 6.18 Å². The Morgan fingerprint density at radius 3 is 2.51 bits per heavy atom. The van der Waals surface area contributed by atoms with Crippen LogP contribution in [0, 0.1) is 11.8 Å². The normalized spacial score (nSPS) is 26.7. The highest BCUT2D eigenvalue weighted by atomic mass is 19.4. The fraction of sp³-hybridized carbons (Fsp3) is 0.483. The van der Waals surface area contributed by atoms with Crippen LogP contribution in [0.4, 0.5) is 27.6 Å². The summed E-state index contributed by atoms with van der Waals surface area (Å²) in [6.45, 7) is 1.14. The van der Waals surface area contributed by atoms with Gasteiger partial charge in [0.05, 0.1) is 23.6 Å². The zero-order chi connectivity index (χ0) is 29.3. The lowest BCUT2D eigenvalue weighted by molar-refractivity contribution is -0.138. The van der Waals surface area contributed by atoms with E-state index in [0.717, 1.165) is 17.5 Å². The number of ether oxygens (including phenoxy) is 1. The molecule has 1 N–H and O–H groups in total. The summed E-state index contributed by atoms with van der Waals surface area (Å²) in [5, 5.41) is 11.2. The van der Waals surface area contributed by atoms with Crippen LogP contribution in [-0.4, -0.2) is 46.4 Å². The van der Waals surface area contributed by atoms with Crippen molar-refractivity contribution in [1.29, 1.82) is 0 Å². The van der Waals surface area contributed by atoms with Gasteiger partial charge in [-0.15, -0.1) is 10.2 Å². The quantitative estimate of drug-likeness (QED) is 0.380. The van der Waals surface area contributed by atoms with Crippen molar-refractivity contribution < 1.29 is 31.5 Å². The van der Waals surface area contributed by atoms with Crippen molar-refractivity contribution in [3.05, 3.63) is 76.4 Å². The summed E-state index contributed by atoms with van der Waals surface area (Å²) in [7, 11) is 3.50. The van der Waals surface area contributed by atoms with Crippen LogP contribution < -0.4 is 10.2 Å². The molecule has 0 spiro atoms. The van der Waals surface area contributed by atoms with Crippen molar-refractivity contribution >= 4 is 11.6 Å². The Bertz CT molecular complexity index is 1500. The molecule has 218 valence electrons. The maximum absolute atomic E-state index is 14.2. The van der Waals surface area contributed by atoms with Gasteiger partial charge in [0.1, 0.15) is 12.2 Å². The monoisotopic (exact) mass is 575 g/mol. The number of rotatable bonds is 8. The number of benzene rings is 2. The minimum atomic E-state index is -4.69. The largest absolute Gasteiger partial charge is 0.416 e. The van der Waals surface area contributed by atoms with Gasteiger partial charge in [0.25, 0.3) is 11.8 Å². The van der Waals surface area contributed by atoms with E-state index in [-0.39, 0.29) is 42.4 Å². The molecule has 7 nitrogen and oxygen atoms in total. The summed E-state index contributed by atoms with van der Waals surface area (Å²) in [6.07, 6.45) is -1.76. The van der Waals surface area contributed by atoms with Gasteiger partial charge in [-0.25, -0.2) is 8.78 Å². The highest BCUT2D eigenvalue weighted by Crippen LogP contribution is 2.54. The fourth-order valence-corrected chi connectivity index (χ4v) is 6.40. The molecular formula is C29H30F5N5O2. The molecule has 2 fully saturated rings. The first-order chi connectivity index (χ1) is 19.4. The molecule has 2 aromatic carbocycles. The molecule has 3 aromatic rings. The van der Waals surface area contributed by atoms with Gasteiger partial charge < -0.3 is 19.5 Å². The molecule has 1 amide bonds. The van der Waals surface area contributed by atoms with E-state index in [1.165, 1.54) is 17.9 Å². The number of nitrogens with zero attached hydrogens (tertiary/aromatic N) is 4. The molecule has 0 unspecified atom stereocenters. The van der Waals surface area contributed by atoms with Crippen molar-refractivity contribution in [2.45, 2.75) is 56.5 Å². The Morgan fingerprint density at radius 1 is 1.17 bits per heavy atom. The second-order valence-corrected chi connectivity index (χ2v) is 11.4. The number of alkyl halides is 5. The van der Waals surface area contributed by atoms with Crippen LogP contribution in [0.1, 0.15) is 58.2 Å². The van der Waals surface area contributed by atoms with E-state index in [2.05, 4.69) is 15.5 Å². The van der Waals surface area contributed by atoms with Crippen LogP contribution in [0.25, 0.3) is 0 Å². The Labute approximate surface area is 233 Å². The van der Waals surface area contributed by atoms with Crippen LogP contribution in [0.15, 0.2) is 42.7 Å². The Kier molecular flexibility index (Phi) is 6.49. The molecule has 41 heavy (non-hydrogen) atoms. The lowest BCUT2D eigenvalue weighted by Gasteiger charge is -2.46. The van der Waals surface area contributed by atoms with E-state index in [1.807, 2.05) is 23.7 Å². The molecule has 1 aliphatic heterocycles. The molecular weight excluding hydrogens is 545 g/mol. The van der Waals surface area contributed by atoms with Crippen molar-refractivity contribution in [2.75, 3.05) is 18.6 Å². The van der Waals surface area contributed by atoms with E-state index in [1.54, 1.807) is 25.6 Å². The van der Waals surface area contributed by atoms with Gasteiger partial charge in [-0.1, -0.05) is 19.1 Å². The van der Waals surface area contributed by atoms with Gasteiger partial charge in [-0.3, -0.25) is 4.79 Å². The standard InChI is InChI=1S/C29H30F5N5O2/c1-16-24(28(16,30)31)13-35-12-17-7-21-22(23(8-17)29(32,33)34)14-39(25(21)40)19-6-4-5-18(9-19)27(10-20(11-27)41-3)26-37-36-15-38(26)2/h4-9,15-16,20,24,35H,10-14H2,1-3H3/t16-,20-,24-,27-/m1/s1. The lowest BCUT2D eigenvalue weighted by Crippen LogP contribution is -2.48. The van der Waals surface area contributed by atoms with Gasteiger partial charge in [-0.2, -0.15) is 13.2 Å². The fourth-order valence-electron chi connectivity index (χ4n) is 6.40. The third kappa shape index (κ3) is 4.51. The first-order valence-electron chi connectivity index (χ1n) is 13.5. The van der Waals surface area contributed by atoms with Crippen molar-refractivity contribution in [3.8, 4) is 0 Å². The molecule has 6 rings (SSSR count). The number of carbonyl (C=O) groups is 1. The van der Waals surface area contributed by atoms with E-state index in [0.29, 0.717) is 18.5 Å². The zero-order valence-corrected chi connectivity index (χ0v) is 22.8. The van der Waals surface area contributed by atoms with E-state index < -0.39 is 40.8 Å². The van der Waals surface area contributed by atoms with Gasteiger partial charge in [-0.05, 0) is 53.8 Å².